The number of hydrogen-bond donors (Lipinski definition) is 0. The Morgan fingerprint density at radius 1 is 0.923 bits per heavy atom. The summed E-state index contributed by atoms with van der Waals surface area (Å²) >= 11 is 7.83. The molecule has 2 aliphatic rings. The van der Waals surface area contributed by atoms with E-state index in [4.69, 9.17) is 30.9 Å². The Labute approximate surface area is 236 Å². The van der Waals surface area contributed by atoms with E-state index in [2.05, 4.69) is 41.2 Å². The minimum Gasteiger partial charge on any atom is -0.497 e. The van der Waals surface area contributed by atoms with Crippen LogP contribution in [0.25, 0.3) is 0 Å². The number of rotatable bonds is 5. The highest BCUT2D eigenvalue weighted by Crippen LogP contribution is 2.50. The van der Waals surface area contributed by atoms with Crippen molar-refractivity contribution < 1.29 is 14.3 Å². The summed E-state index contributed by atoms with van der Waals surface area (Å²) in [6, 6.07) is 29.4. The molecule has 0 amide bonds. The third-order valence-electron chi connectivity index (χ3n) is 6.80. The van der Waals surface area contributed by atoms with Crippen molar-refractivity contribution in [3.63, 3.8) is 0 Å². The Morgan fingerprint density at radius 2 is 1.67 bits per heavy atom. The van der Waals surface area contributed by atoms with E-state index in [0.29, 0.717) is 28.8 Å². The van der Waals surface area contributed by atoms with Gasteiger partial charge in [0, 0.05) is 28.3 Å². The number of nitrogens with zero attached hydrogens (tertiary/aromatic N) is 3. The van der Waals surface area contributed by atoms with Crippen molar-refractivity contribution in [2.75, 3.05) is 18.3 Å². The SMILES string of the molecule is COc1cccc(Oc2ccc3c(c2)N2C(c4ccc(Cl)cc4)=NOC2(c2ccc(C)cc2)CC(SC)=N3)c1. The lowest BCUT2D eigenvalue weighted by molar-refractivity contribution is -0.0148. The summed E-state index contributed by atoms with van der Waals surface area (Å²) in [4.78, 5) is 13.6. The number of hydrogen-bond acceptors (Lipinski definition) is 7. The zero-order valence-corrected chi connectivity index (χ0v) is 23.3. The smallest absolute Gasteiger partial charge is 0.247 e. The van der Waals surface area contributed by atoms with Crippen molar-refractivity contribution in [3.05, 3.63) is 113 Å². The summed E-state index contributed by atoms with van der Waals surface area (Å²) < 4.78 is 11.7. The molecule has 2 heterocycles. The maximum atomic E-state index is 6.45. The molecule has 0 aliphatic carbocycles. The lowest BCUT2D eigenvalue weighted by atomic mass is 9.95. The fourth-order valence-corrected chi connectivity index (χ4v) is 5.46. The second-order valence-corrected chi connectivity index (χ2v) is 10.6. The van der Waals surface area contributed by atoms with Crippen LogP contribution in [0.2, 0.25) is 5.02 Å². The largest absolute Gasteiger partial charge is 0.497 e. The molecule has 6 nitrogen and oxygen atoms in total. The molecule has 0 N–H and O–H groups in total. The lowest BCUT2D eigenvalue weighted by Crippen LogP contribution is -2.47. The second kappa shape index (κ2) is 10.3. The lowest BCUT2D eigenvalue weighted by Gasteiger charge is -2.37. The summed E-state index contributed by atoms with van der Waals surface area (Å²) in [5, 5.41) is 6.27. The van der Waals surface area contributed by atoms with Crippen LogP contribution in [0.5, 0.6) is 17.2 Å². The Hall–Kier alpha value is -3.94. The van der Waals surface area contributed by atoms with E-state index < -0.39 is 5.72 Å². The molecule has 196 valence electrons. The van der Waals surface area contributed by atoms with Gasteiger partial charge in [0.25, 0.3) is 0 Å². The number of aryl methyl sites for hydroxylation is 1. The van der Waals surface area contributed by atoms with Gasteiger partial charge in [-0.2, -0.15) is 0 Å². The van der Waals surface area contributed by atoms with Crippen molar-refractivity contribution in [2.24, 2.45) is 10.1 Å². The summed E-state index contributed by atoms with van der Waals surface area (Å²) in [5.74, 6) is 2.72. The van der Waals surface area contributed by atoms with Gasteiger partial charge in [-0.25, -0.2) is 4.99 Å². The molecular weight excluding hydrogens is 530 g/mol. The number of anilines is 1. The number of oxime groups is 1. The molecule has 0 radical (unpaired) electrons. The number of amidine groups is 1. The van der Waals surface area contributed by atoms with Gasteiger partial charge in [0.1, 0.15) is 17.2 Å². The normalized spacial score (nSPS) is 17.8. The van der Waals surface area contributed by atoms with Crippen molar-refractivity contribution in [1.29, 1.82) is 0 Å². The van der Waals surface area contributed by atoms with Crippen LogP contribution in [0, 0.1) is 6.92 Å². The van der Waals surface area contributed by atoms with Crippen molar-refractivity contribution in [1.82, 2.24) is 0 Å². The molecule has 39 heavy (non-hydrogen) atoms. The highest BCUT2D eigenvalue weighted by Gasteiger charge is 2.51. The number of ether oxygens (including phenoxy) is 2. The molecule has 2 aliphatic heterocycles. The quantitative estimate of drug-likeness (QED) is 0.248. The second-order valence-electron chi connectivity index (χ2n) is 9.32. The number of thioether (sulfide) groups is 1. The maximum absolute atomic E-state index is 6.45. The first-order chi connectivity index (χ1) is 19.0. The Bertz CT molecular complexity index is 1590. The Morgan fingerprint density at radius 3 is 2.41 bits per heavy atom. The highest BCUT2D eigenvalue weighted by molar-refractivity contribution is 8.13. The highest BCUT2D eigenvalue weighted by atomic mass is 35.5. The van der Waals surface area contributed by atoms with Gasteiger partial charge in [-0.05, 0) is 61.7 Å². The van der Waals surface area contributed by atoms with Gasteiger partial charge in [0.05, 0.1) is 29.9 Å². The molecule has 0 aromatic heterocycles. The molecule has 0 spiro atoms. The van der Waals surface area contributed by atoms with Gasteiger partial charge < -0.3 is 14.3 Å². The topological polar surface area (TPSA) is 55.7 Å². The van der Waals surface area contributed by atoms with Gasteiger partial charge in [-0.1, -0.05) is 52.7 Å². The summed E-state index contributed by atoms with van der Waals surface area (Å²) in [7, 11) is 1.64. The van der Waals surface area contributed by atoms with Crippen LogP contribution in [0.3, 0.4) is 0 Å². The van der Waals surface area contributed by atoms with Crippen LogP contribution in [0.1, 0.15) is 23.1 Å². The van der Waals surface area contributed by atoms with E-state index in [9.17, 15) is 0 Å². The van der Waals surface area contributed by atoms with E-state index in [0.717, 1.165) is 33.3 Å². The van der Waals surface area contributed by atoms with Crippen molar-refractivity contribution >= 4 is 45.6 Å². The van der Waals surface area contributed by atoms with Gasteiger partial charge >= 0.3 is 0 Å². The van der Waals surface area contributed by atoms with Gasteiger partial charge in [-0.3, -0.25) is 4.90 Å². The molecule has 4 aromatic rings. The van der Waals surface area contributed by atoms with Crippen LogP contribution in [-0.2, 0) is 10.6 Å². The van der Waals surface area contributed by atoms with E-state index in [1.165, 1.54) is 5.56 Å². The molecule has 6 rings (SSSR count). The molecule has 4 aromatic carbocycles. The predicted molar refractivity (Wildman–Crippen MR) is 159 cm³/mol. The average Bonchev–Trinajstić information content (AvgIpc) is 3.27. The van der Waals surface area contributed by atoms with Gasteiger partial charge in [-0.15, -0.1) is 11.8 Å². The summed E-state index contributed by atoms with van der Waals surface area (Å²) in [5.41, 5.74) is 3.72. The fraction of sp³-hybridized carbons (Fsp3) is 0.161. The van der Waals surface area contributed by atoms with Crippen LogP contribution >= 0.6 is 23.4 Å². The Balaban J connectivity index is 1.53. The van der Waals surface area contributed by atoms with Crippen LogP contribution in [-0.4, -0.2) is 24.2 Å². The van der Waals surface area contributed by atoms with Crippen molar-refractivity contribution in [3.8, 4) is 17.2 Å². The standard InChI is InChI=1S/C31H26ClN3O3S/c1-20-7-11-22(12-8-20)31-19-29(39-3)33-27-16-15-26(37-25-6-4-5-24(17-25)36-2)18-28(27)35(31)30(34-38-31)21-9-13-23(32)14-10-21/h4-18H,19H2,1-3H3. The minimum absolute atomic E-state index is 0.512. The van der Waals surface area contributed by atoms with E-state index in [1.54, 1.807) is 18.9 Å². The predicted octanol–water partition coefficient (Wildman–Crippen LogP) is 8.30. The number of fused-ring (bicyclic) bond motifs is 3. The summed E-state index contributed by atoms with van der Waals surface area (Å²) in [6.45, 7) is 2.07. The monoisotopic (exact) mass is 555 g/mol. The van der Waals surface area contributed by atoms with E-state index in [1.807, 2.05) is 73.0 Å². The third kappa shape index (κ3) is 4.73. The number of aliphatic imine (C=N–C) groups is 1. The average molecular weight is 556 g/mol. The molecule has 0 fully saturated rings. The molecule has 0 saturated heterocycles. The van der Waals surface area contributed by atoms with Gasteiger partial charge in [0.15, 0.2) is 5.84 Å². The number of benzene rings is 4. The molecule has 1 unspecified atom stereocenters. The van der Waals surface area contributed by atoms with Gasteiger partial charge in [0.2, 0.25) is 5.72 Å². The third-order valence-corrected chi connectivity index (χ3v) is 7.76. The first-order valence-corrected chi connectivity index (χ1v) is 14.1. The molecular formula is C31H26ClN3O3S. The fourth-order valence-electron chi connectivity index (χ4n) is 4.81. The molecule has 1 atom stereocenters. The molecule has 0 bridgehead atoms. The zero-order chi connectivity index (χ0) is 27.0. The van der Waals surface area contributed by atoms with Crippen LogP contribution < -0.4 is 14.4 Å². The summed E-state index contributed by atoms with van der Waals surface area (Å²) in [6.07, 6.45) is 2.55. The molecule has 0 saturated carbocycles. The first kappa shape index (κ1) is 25.3. The maximum Gasteiger partial charge on any atom is 0.247 e. The van der Waals surface area contributed by atoms with Crippen molar-refractivity contribution in [2.45, 2.75) is 19.1 Å². The number of methoxy groups -OCH3 is 1. The zero-order valence-electron chi connectivity index (χ0n) is 21.7. The first-order valence-electron chi connectivity index (χ1n) is 12.5. The number of halogens is 1. The van der Waals surface area contributed by atoms with E-state index >= 15 is 0 Å². The van der Waals surface area contributed by atoms with Crippen LogP contribution in [0.4, 0.5) is 11.4 Å². The van der Waals surface area contributed by atoms with Crippen LogP contribution in [0.15, 0.2) is 101 Å². The minimum atomic E-state index is -0.940. The molecule has 8 heteroatoms. The van der Waals surface area contributed by atoms with E-state index in [-0.39, 0.29) is 0 Å². The Kier molecular flexibility index (Phi) is 6.71.